The van der Waals surface area contributed by atoms with Gasteiger partial charge in [0, 0.05) is 6.08 Å². The molecule has 0 aromatic heterocycles. The van der Waals surface area contributed by atoms with Gasteiger partial charge in [-0.25, -0.2) is 9.59 Å². The first-order valence-electron chi connectivity index (χ1n) is 6.45. The number of rotatable bonds is 6. The minimum absolute atomic E-state index is 0.377. The predicted octanol–water partition coefficient (Wildman–Crippen LogP) is 3.29. The van der Waals surface area contributed by atoms with Crippen LogP contribution >= 0.6 is 0 Å². The molecule has 0 heterocycles. The molecule has 0 radical (unpaired) electrons. The molecule has 1 rings (SSSR count). The number of ether oxygens (including phenoxy) is 2. The second kappa shape index (κ2) is 8.69. The van der Waals surface area contributed by atoms with Gasteiger partial charge in [0.05, 0.1) is 12.2 Å². The van der Waals surface area contributed by atoms with Crippen molar-refractivity contribution in [2.75, 3.05) is 6.61 Å². The smallest absolute Gasteiger partial charge is 0.338 e. The van der Waals surface area contributed by atoms with E-state index in [1.165, 1.54) is 6.08 Å². The minimum atomic E-state index is -0.468. The minimum Gasteiger partial charge on any atom is -0.462 e. The molecule has 0 saturated carbocycles. The Morgan fingerprint density at radius 3 is 2.45 bits per heavy atom. The van der Waals surface area contributed by atoms with E-state index in [1.54, 1.807) is 42.5 Å². The van der Waals surface area contributed by atoms with Gasteiger partial charge < -0.3 is 9.47 Å². The number of hydrogen-bond donors (Lipinski definition) is 0. The number of allylic oxidation sites excluding steroid dienone is 3. The number of carbonyl (C=O) groups is 2. The topological polar surface area (TPSA) is 52.6 Å². The summed E-state index contributed by atoms with van der Waals surface area (Å²) in [7, 11) is 0. The highest BCUT2D eigenvalue weighted by atomic mass is 16.5. The summed E-state index contributed by atoms with van der Waals surface area (Å²) in [5.74, 6) is -0.464. The fourth-order valence-electron chi connectivity index (χ4n) is 1.33. The number of hydrogen-bond acceptors (Lipinski definition) is 4. The van der Waals surface area contributed by atoms with Gasteiger partial charge in [0.25, 0.3) is 0 Å². The van der Waals surface area contributed by atoms with E-state index in [0.717, 1.165) is 6.42 Å². The van der Waals surface area contributed by atoms with Crippen LogP contribution in [0.4, 0.5) is 0 Å². The fraction of sp³-hybridized carbons (Fsp3) is 0.250. The SMILES string of the molecule is CC=CC=CC(=O)Oc1ccc(C(=O)OCCC)cc1. The molecule has 0 atom stereocenters. The maximum Gasteiger partial charge on any atom is 0.338 e. The monoisotopic (exact) mass is 274 g/mol. The fourth-order valence-corrected chi connectivity index (χ4v) is 1.33. The van der Waals surface area contributed by atoms with Crippen LogP contribution in [0.3, 0.4) is 0 Å². The van der Waals surface area contributed by atoms with Crippen molar-refractivity contribution in [3.63, 3.8) is 0 Å². The highest BCUT2D eigenvalue weighted by Crippen LogP contribution is 2.13. The first kappa shape index (κ1) is 15.7. The average molecular weight is 274 g/mol. The summed E-state index contributed by atoms with van der Waals surface area (Å²) >= 11 is 0. The lowest BCUT2D eigenvalue weighted by Crippen LogP contribution is -2.07. The summed E-state index contributed by atoms with van der Waals surface area (Å²) in [6.07, 6.45) is 7.23. The maximum absolute atomic E-state index is 11.6. The number of benzene rings is 1. The molecule has 0 fully saturated rings. The quantitative estimate of drug-likeness (QED) is 0.346. The molecule has 0 amide bonds. The van der Waals surface area contributed by atoms with E-state index >= 15 is 0 Å². The zero-order chi connectivity index (χ0) is 14.8. The van der Waals surface area contributed by atoms with Crippen LogP contribution in [-0.2, 0) is 9.53 Å². The Balaban J connectivity index is 2.58. The van der Waals surface area contributed by atoms with Crippen LogP contribution in [0.25, 0.3) is 0 Å². The average Bonchev–Trinajstić information content (AvgIpc) is 2.46. The van der Waals surface area contributed by atoms with Gasteiger partial charge in [0.15, 0.2) is 0 Å². The van der Waals surface area contributed by atoms with E-state index in [1.807, 2.05) is 13.8 Å². The van der Waals surface area contributed by atoms with Crippen LogP contribution in [0.5, 0.6) is 5.75 Å². The van der Waals surface area contributed by atoms with Crippen molar-refractivity contribution in [2.24, 2.45) is 0 Å². The molecule has 0 N–H and O–H groups in total. The maximum atomic E-state index is 11.6. The van der Waals surface area contributed by atoms with E-state index < -0.39 is 5.97 Å². The predicted molar refractivity (Wildman–Crippen MR) is 76.6 cm³/mol. The molecule has 0 aliphatic heterocycles. The summed E-state index contributed by atoms with van der Waals surface area (Å²) in [5, 5.41) is 0. The van der Waals surface area contributed by atoms with Crippen molar-refractivity contribution >= 4 is 11.9 Å². The van der Waals surface area contributed by atoms with Crippen molar-refractivity contribution in [3.8, 4) is 5.75 Å². The molecule has 0 bridgehead atoms. The number of carbonyl (C=O) groups excluding carboxylic acids is 2. The van der Waals surface area contributed by atoms with Gasteiger partial charge in [-0.2, -0.15) is 0 Å². The van der Waals surface area contributed by atoms with Crippen LogP contribution in [0.15, 0.2) is 48.6 Å². The van der Waals surface area contributed by atoms with Gasteiger partial charge in [0.2, 0.25) is 0 Å². The first-order valence-corrected chi connectivity index (χ1v) is 6.45. The summed E-state index contributed by atoms with van der Waals surface area (Å²) < 4.78 is 10.1. The molecule has 1 aromatic rings. The molecular weight excluding hydrogens is 256 g/mol. The second-order valence-electron chi connectivity index (χ2n) is 3.97. The van der Waals surface area contributed by atoms with E-state index in [9.17, 15) is 9.59 Å². The molecule has 4 nitrogen and oxygen atoms in total. The van der Waals surface area contributed by atoms with Gasteiger partial charge in [0.1, 0.15) is 5.75 Å². The Morgan fingerprint density at radius 1 is 1.15 bits per heavy atom. The largest absolute Gasteiger partial charge is 0.462 e. The van der Waals surface area contributed by atoms with Gasteiger partial charge >= 0.3 is 11.9 Å². The van der Waals surface area contributed by atoms with Crippen LogP contribution in [0.1, 0.15) is 30.6 Å². The number of esters is 2. The highest BCUT2D eigenvalue weighted by Gasteiger charge is 2.07. The van der Waals surface area contributed by atoms with Crippen molar-refractivity contribution in [1.29, 1.82) is 0 Å². The van der Waals surface area contributed by atoms with Gasteiger partial charge in [-0.1, -0.05) is 25.2 Å². The molecule has 20 heavy (non-hydrogen) atoms. The Morgan fingerprint density at radius 2 is 1.85 bits per heavy atom. The third kappa shape index (κ3) is 5.52. The van der Waals surface area contributed by atoms with Gasteiger partial charge in [-0.3, -0.25) is 0 Å². The third-order valence-corrected chi connectivity index (χ3v) is 2.28. The lowest BCUT2D eigenvalue weighted by atomic mass is 10.2. The molecule has 0 aliphatic rings. The highest BCUT2D eigenvalue weighted by molar-refractivity contribution is 5.89. The molecule has 1 aromatic carbocycles. The van der Waals surface area contributed by atoms with E-state index in [4.69, 9.17) is 9.47 Å². The van der Waals surface area contributed by atoms with Gasteiger partial charge in [-0.15, -0.1) is 0 Å². The summed E-state index contributed by atoms with van der Waals surface area (Å²) in [6, 6.07) is 6.25. The lowest BCUT2D eigenvalue weighted by Gasteiger charge is -2.04. The normalized spacial score (nSPS) is 10.9. The lowest BCUT2D eigenvalue weighted by molar-refractivity contribution is -0.128. The van der Waals surface area contributed by atoms with Crippen molar-refractivity contribution in [2.45, 2.75) is 20.3 Å². The van der Waals surface area contributed by atoms with Crippen molar-refractivity contribution < 1.29 is 19.1 Å². The summed E-state index contributed by atoms with van der Waals surface area (Å²) in [6.45, 7) is 4.18. The van der Waals surface area contributed by atoms with Crippen LogP contribution in [-0.4, -0.2) is 18.5 Å². The Kier molecular flexibility index (Phi) is 6.82. The van der Waals surface area contributed by atoms with Crippen molar-refractivity contribution in [3.05, 3.63) is 54.1 Å². The Labute approximate surface area is 118 Å². The van der Waals surface area contributed by atoms with E-state index in [-0.39, 0.29) is 5.97 Å². The molecule has 0 spiro atoms. The molecule has 4 heteroatoms. The molecule has 0 unspecified atom stereocenters. The Hall–Kier alpha value is -2.36. The zero-order valence-electron chi connectivity index (χ0n) is 11.7. The first-order chi connectivity index (χ1) is 9.67. The van der Waals surface area contributed by atoms with E-state index in [0.29, 0.717) is 17.9 Å². The van der Waals surface area contributed by atoms with Crippen LogP contribution in [0.2, 0.25) is 0 Å². The van der Waals surface area contributed by atoms with Crippen LogP contribution in [0, 0.1) is 0 Å². The summed E-state index contributed by atoms with van der Waals surface area (Å²) in [4.78, 5) is 23.0. The zero-order valence-corrected chi connectivity index (χ0v) is 11.7. The van der Waals surface area contributed by atoms with Crippen molar-refractivity contribution in [1.82, 2.24) is 0 Å². The molecule has 106 valence electrons. The van der Waals surface area contributed by atoms with E-state index in [2.05, 4.69) is 0 Å². The summed E-state index contributed by atoms with van der Waals surface area (Å²) in [5.41, 5.74) is 0.433. The van der Waals surface area contributed by atoms with Gasteiger partial charge in [-0.05, 0) is 37.6 Å². The molecule has 0 aliphatic carbocycles. The van der Waals surface area contributed by atoms with Crippen LogP contribution < -0.4 is 4.74 Å². The molecular formula is C16H18O4. The standard InChI is InChI=1S/C16H18O4/c1-3-5-6-7-15(17)20-14-10-8-13(9-11-14)16(18)19-12-4-2/h3,5-11H,4,12H2,1-2H3. The Bertz CT molecular complexity index is 498. The second-order valence-corrected chi connectivity index (χ2v) is 3.97. The third-order valence-electron chi connectivity index (χ3n) is 2.28. The molecule has 0 saturated heterocycles.